The van der Waals surface area contributed by atoms with E-state index in [2.05, 4.69) is 0 Å². The van der Waals surface area contributed by atoms with Crippen LogP contribution in [0, 0.1) is 6.92 Å². The van der Waals surface area contributed by atoms with Crippen molar-refractivity contribution in [2.24, 2.45) is 5.73 Å². The predicted octanol–water partition coefficient (Wildman–Crippen LogP) is 2.41. The standard InChI is InChI=1S/C11H15NO/c1-3-4-10(12)9-7-8(2)5-6-11(9)13/h4-7,13H,3,12H2,1-2H3/b10-4-. The number of phenols is 1. The van der Waals surface area contributed by atoms with Gasteiger partial charge in [-0.15, -0.1) is 0 Å². The molecule has 0 saturated carbocycles. The smallest absolute Gasteiger partial charge is 0.124 e. The van der Waals surface area contributed by atoms with Gasteiger partial charge in [0.05, 0.1) is 0 Å². The number of benzene rings is 1. The molecule has 1 rings (SSSR count). The van der Waals surface area contributed by atoms with Crippen molar-refractivity contribution < 1.29 is 5.11 Å². The number of phenolic OH excluding ortho intramolecular Hbond substituents is 1. The molecule has 0 amide bonds. The number of allylic oxidation sites excluding steroid dienone is 1. The van der Waals surface area contributed by atoms with Gasteiger partial charge in [-0.05, 0) is 25.5 Å². The second-order valence-electron chi connectivity index (χ2n) is 3.09. The lowest BCUT2D eigenvalue weighted by atomic mass is 10.1. The maximum Gasteiger partial charge on any atom is 0.124 e. The second kappa shape index (κ2) is 3.99. The molecule has 70 valence electrons. The Morgan fingerprint density at radius 3 is 2.85 bits per heavy atom. The van der Waals surface area contributed by atoms with E-state index in [0.29, 0.717) is 5.70 Å². The van der Waals surface area contributed by atoms with E-state index in [1.54, 1.807) is 6.07 Å². The van der Waals surface area contributed by atoms with Gasteiger partial charge in [0.1, 0.15) is 5.75 Å². The third-order valence-corrected chi connectivity index (χ3v) is 1.89. The van der Waals surface area contributed by atoms with Gasteiger partial charge < -0.3 is 10.8 Å². The zero-order chi connectivity index (χ0) is 9.84. The number of aromatic hydroxyl groups is 1. The highest BCUT2D eigenvalue weighted by Gasteiger charge is 2.02. The topological polar surface area (TPSA) is 46.2 Å². The van der Waals surface area contributed by atoms with Crippen LogP contribution < -0.4 is 5.73 Å². The fourth-order valence-corrected chi connectivity index (χ4v) is 1.21. The molecule has 0 fully saturated rings. The van der Waals surface area contributed by atoms with E-state index in [4.69, 9.17) is 5.73 Å². The fourth-order valence-electron chi connectivity index (χ4n) is 1.21. The van der Waals surface area contributed by atoms with E-state index >= 15 is 0 Å². The molecule has 2 heteroatoms. The lowest BCUT2D eigenvalue weighted by Gasteiger charge is -2.05. The minimum atomic E-state index is 0.243. The van der Waals surface area contributed by atoms with Crippen LogP contribution in [0.4, 0.5) is 0 Å². The average Bonchev–Trinajstić information content (AvgIpc) is 2.09. The van der Waals surface area contributed by atoms with E-state index in [0.717, 1.165) is 17.5 Å². The summed E-state index contributed by atoms with van der Waals surface area (Å²) in [4.78, 5) is 0. The molecule has 0 atom stereocenters. The van der Waals surface area contributed by atoms with Crippen LogP contribution in [0.15, 0.2) is 24.3 Å². The van der Waals surface area contributed by atoms with Crippen molar-refractivity contribution in [3.63, 3.8) is 0 Å². The molecule has 0 saturated heterocycles. The van der Waals surface area contributed by atoms with Crippen LogP contribution in [0.2, 0.25) is 0 Å². The van der Waals surface area contributed by atoms with Crippen LogP contribution in [-0.4, -0.2) is 5.11 Å². The molecule has 1 aromatic carbocycles. The number of nitrogens with two attached hydrogens (primary N) is 1. The second-order valence-corrected chi connectivity index (χ2v) is 3.09. The van der Waals surface area contributed by atoms with Gasteiger partial charge in [0, 0.05) is 11.3 Å². The van der Waals surface area contributed by atoms with Crippen LogP contribution in [-0.2, 0) is 0 Å². The fraction of sp³-hybridized carbons (Fsp3) is 0.273. The third-order valence-electron chi connectivity index (χ3n) is 1.89. The Labute approximate surface area is 78.7 Å². The first kappa shape index (κ1) is 9.65. The van der Waals surface area contributed by atoms with E-state index in [-0.39, 0.29) is 5.75 Å². The van der Waals surface area contributed by atoms with Crippen LogP contribution in [0.5, 0.6) is 5.75 Å². The van der Waals surface area contributed by atoms with Gasteiger partial charge >= 0.3 is 0 Å². The molecular formula is C11H15NO. The first-order valence-electron chi connectivity index (χ1n) is 4.40. The minimum absolute atomic E-state index is 0.243. The number of hydrogen-bond donors (Lipinski definition) is 2. The van der Waals surface area contributed by atoms with Gasteiger partial charge in [-0.25, -0.2) is 0 Å². The SMILES string of the molecule is CC/C=C(\N)c1cc(C)ccc1O. The Morgan fingerprint density at radius 2 is 2.23 bits per heavy atom. The van der Waals surface area contributed by atoms with Crippen molar-refractivity contribution in [1.82, 2.24) is 0 Å². The Morgan fingerprint density at radius 1 is 1.54 bits per heavy atom. The largest absolute Gasteiger partial charge is 0.507 e. The van der Waals surface area contributed by atoms with Gasteiger partial charge in [-0.2, -0.15) is 0 Å². The highest BCUT2D eigenvalue weighted by molar-refractivity contribution is 5.68. The van der Waals surface area contributed by atoms with E-state index < -0.39 is 0 Å². The van der Waals surface area contributed by atoms with Gasteiger partial charge in [0.15, 0.2) is 0 Å². The highest BCUT2D eigenvalue weighted by atomic mass is 16.3. The summed E-state index contributed by atoms with van der Waals surface area (Å²) in [6.07, 6.45) is 2.77. The highest BCUT2D eigenvalue weighted by Crippen LogP contribution is 2.23. The van der Waals surface area contributed by atoms with Crippen LogP contribution >= 0.6 is 0 Å². The normalized spacial score (nSPS) is 11.7. The Balaban J connectivity index is 3.13. The van der Waals surface area contributed by atoms with Crippen molar-refractivity contribution in [3.8, 4) is 5.75 Å². The summed E-state index contributed by atoms with van der Waals surface area (Å²) in [5.74, 6) is 0.243. The molecule has 13 heavy (non-hydrogen) atoms. The zero-order valence-electron chi connectivity index (χ0n) is 8.04. The van der Waals surface area contributed by atoms with Crippen molar-refractivity contribution in [1.29, 1.82) is 0 Å². The van der Waals surface area contributed by atoms with Crippen molar-refractivity contribution >= 4 is 5.70 Å². The van der Waals surface area contributed by atoms with Crippen LogP contribution in [0.3, 0.4) is 0 Å². The van der Waals surface area contributed by atoms with Crippen molar-refractivity contribution in [3.05, 3.63) is 35.4 Å². The molecule has 1 aromatic rings. The van der Waals surface area contributed by atoms with Crippen molar-refractivity contribution in [2.45, 2.75) is 20.3 Å². The molecule has 0 aromatic heterocycles. The molecule has 0 unspecified atom stereocenters. The lowest BCUT2D eigenvalue weighted by molar-refractivity contribution is 0.473. The molecule has 3 N–H and O–H groups in total. The molecule has 0 bridgehead atoms. The third kappa shape index (κ3) is 2.25. The summed E-state index contributed by atoms with van der Waals surface area (Å²) >= 11 is 0. The van der Waals surface area contributed by atoms with E-state index in [1.807, 2.05) is 32.1 Å². The van der Waals surface area contributed by atoms with E-state index in [1.165, 1.54) is 0 Å². The molecular weight excluding hydrogens is 162 g/mol. The quantitative estimate of drug-likeness (QED) is 0.728. The minimum Gasteiger partial charge on any atom is -0.507 e. The van der Waals surface area contributed by atoms with E-state index in [9.17, 15) is 5.11 Å². The first-order chi connectivity index (χ1) is 6.15. The Kier molecular flexibility index (Phi) is 2.96. The lowest BCUT2D eigenvalue weighted by Crippen LogP contribution is -1.96. The maximum absolute atomic E-state index is 9.51. The van der Waals surface area contributed by atoms with Gasteiger partial charge in [0.25, 0.3) is 0 Å². The molecule has 0 spiro atoms. The first-order valence-corrected chi connectivity index (χ1v) is 4.40. The van der Waals surface area contributed by atoms with Gasteiger partial charge in [-0.3, -0.25) is 0 Å². The van der Waals surface area contributed by atoms with Crippen molar-refractivity contribution in [2.75, 3.05) is 0 Å². The van der Waals surface area contributed by atoms with Crippen LogP contribution in [0.25, 0.3) is 5.70 Å². The summed E-state index contributed by atoms with van der Waals surface area (Å²) in [5, 5.41) is 9.51. The Bertz CT molecular complexity index is 329. The summed E-state index contributed by atoms with van der Waals surface area (Å²) in [6, 6.07) is 5.41. The summed E-state index contributed by atoms with van der Waals surface area (Å²) in [5.41, 5.74) is 8.24. The maximum atomic E-state index is 9.51. The summed E-state index contributed by atoms with van der Waals surface area (Å²) in [7, 11) is 0. The van der Waals surface area contributed by atoms with Crippen LogP contribution in [0.1, 0.15) is 24.5 Å². The molecule has 0 aliphatic heterocycles. The average molecular weight is 177 g/mol. The molecule has 0 aliphatic rings. The number of hydrogen-bond acceptors (Lipinski definition) is 2. The molecule has 0 heterocycles. The Hall–Kier alpha value is -1.44. The van der Waals surface area contributed by atoms with Gasteiger partial charge in [0.2, 0.25) is 0 Å². The summed E-state index contributed by atoms with van der Waals surface area (Å²) < 4.78 is 0. The summed E-state index contributed by atoms with van der Waals surface area (Å²) in [6.45, 7) is 3.99. The van der Waals surface area contributed by atoms with Gasteiger partial charge in [-0.1, -0.05) is 24.6 Å². The monoisotopic (exact) mass is 177 g/mol. The molecule has 0 radical (unpaired) electrons. The number of aryl methyl sites for hydroxylation is 1. The zero-order valence-corrected chi connectivity index (χ0v) is 8.04. The molecule has 0 aliphatic carbocycles. The molecule has 2 nitrogen and oxygen atoms in total. The predicted molar refractivity (Wildman–Crippen MR) is 55.3 cm³/mol. The number of rotatable bonds is 2.